The van der Waals surface area contributed by atoms with Crippen molar-refractivity contribution in [2.45, 2.75) is 34.5 Å². The summed E-state index contributed by atoms with van der Waals surface area (Å²) >= 11 is 0. The van der Waals surface area contributed by atoms with Gasteiger partial charge in [0.1, 0.15) is 27.1 Å². The lowest BCUT2D eigenvalue weighted by molar-refractivity contribution is 0.0678. The van der Waals surface area contributed by atoms with E-state index in [4.69, 9.17) is 9.47 Å². The minimum atomic E-state index is -4.13. The van der Waals surface area contributed by atoms with E-state index in [-0.39, 0.29) is 38.6 Å². The molecule has 1 N–H and O–H groups in total. The molecular weight excluding hydrogens is 421 g/mol. The van der Waals surface area contributed by atoms with Crippen LogP contribution >= 0.6 is 0 Å². The first-order valence-corrected chi connectivity index (χ1v) is 12.1. The molecule has 10 heteroatoms. The molecule has 1 saturated heterocycles. The first-order chi connectivity index (χ1) is 13.7. The SMILES string of the molecule is Cc1cc2c(cc1S(=O)(=O)NCC1CCOCC1)S(=O)(=O)c1cc(F)ccc1O2. The fraction of sp³-hybridized carbons (Fsp3) is 0.368. The fourth-order valence-electron chi connectivity index (χ4n) is 3.49. The molecule has 2 aliphatic rings. The maximum absolute atomic E-state index is 13.6. The van der Waals surface area contributed by atoms with Gasteiger partial charge in [-0.25, -0.2) is 25.9 Å². The summed E-state index contributed by atoms with van der Waals surface area (Å²) < 4.78 is 78.7. The minimum Gasteiger partial charge on any atom is -0.455 e. The molecule has 0 aromatic heterocycles. The molecule has 0 radical (unpaired) electrons. The van der Waals surface area contributed by atoms with Gasteiger partial charge < -0.3 is 9.47 Å². The summed E-state index contributed by atoms with van der Waals surface area (Å²) in [5, 5.41) is 0. The highest BCUT2D eigenvalue weighted by Crippen LogP contribution is 2.44. The Morgan fingerprint density at radius 3 is 2.52 bits per heavy atom. The third kappa shape index (κ3) is 3.77. The molecule has 0 saturated carbocycles. The maximum atomic E-state index is 13.6. The van der Waals surface area contributed by atoms with Crippen molar-refractivity contribution in [2.75, 3.05) is 19.8 Å². The maximum Gasteiger partial charge on any atom is 0.240 e. The van der Waals surface area contributed by atoms with Crippen molar-refractivity contribution in [2.24, 2.45) is 5.92 Å². The number of ether oxygens (including phenoxy) is 2. The topological polar surface area (TPSA) is 98.8 Å². The fourth-order valence-corrected chi connectivity index (χ4v) is 6.45. The highest BCUT2D eigenvalue weighted by molar-refractivity contribution is 7.92. The van der Waals surface area contributed by atoms with Crippen LogP contribution in [0.4, 0.5) is 4.39 Å². The zero-order chi connectivity index (χ0) is 20.8. The van der Waals surface area contributed by atoms with Gasteiger partial charge in [-0.05, 0) is 61.6 Å². The van der Waals surface area contributed by atoms with Crippen molar-refractivity contribution in [3.63, 3.8) is 0 Å². The molecular formula is C19H20FNO6S2. The summed E-state index contributed by atoms with van der Waals surface area (Å²) in [7, 11) is -8.08. The van der Waals surface area contributed by atoms with Crippen molar-refractivity contribution in [1.82, 2.24) is 4.72 Å². The van der Waals surface area contributed by atoms with Crippen molar-refractivity contribution >= 4 is 19.9 Å². The molecule has 156 valence electrons. The monoisotopic (exact) mass is 441 g/mol. The zero-order valence-electron chi connectivity index (χ0n) is 15.6. The van der Waals surface area contributed by atoms with Gasteiger partial charge in [0.05, 0.1) is 4.90 Å². The number of sulfone groups is 1. The molecule has 7 nitrogen and oxygen atoms in total. The standard InChI is InChI=1S/C19H20FNO6S2/c1-12-8-16-19(28(22,23)18-9-14(20)2-3-15(18)27-16)10-17(12)29(24,25)21-11-13-4-6-26-7-5-13/h2-3,8-10,13,21H,4-7,11H2,1H3. The van der Waals surface area contributed by atoms with Gasteiger partial charge in [-0.3, -0.25) is 0 Å². The smallest absolute Gasteiger partial charge is 0.240 e. The Hall–Kier alpha value is -2.01. The third-order valence-corrected chi connectivity index (χ3v) is 8.50. The van der Waals surface area contributed by atoms with Gasteiger partial charge in [-0.15, -0.1) is 0 Å². The molecule has 0 spiro atoms. The van der Waals surface area contributed by atoms with Crippen molar-refractivity contribution in [3.05, 3.63) is 41.7 Å². The molecule has 0 unspecified atom stereocenters. The first-order valence-electron chi connectivity index (χ1n) is 9.13. The second kappa shape index (κ2) is 7.35. The van der Waals surface area contributed by atoms with Gasteiger partial charge in [0.2, 0.25) is 19.9 Å². The molecule has 2 aromatic rings. The molecule has 2 heterocycles. The van der Waals surface area contributed by atoms with Crippen LogP contribution in [0.25, 0.3) is 0 Å². The predicted molar refractivity (Wildman–Crippen MR) is 102 cm³/mol. The number of fused-ring (bicyclic) bond motifs is 2. The van der Waals surface area contributed by atoms with E-state index in [0.29, 0.717) is 18.8 Å². The molecule has 0 amide bonds. The number of aryl methyl sites for hydroxylation is 1. The lowest BCUT2D eigenvalue weighted by Gasteiger charge is -2.23. The van der Waals surface area contributed by atoms with E-state index in [1.54, 1.807) is 6.92 Å². The molecule has 2 aliphatic heterocycles. The Balaban J connectivity index is 1.70. The molecule has 0 atom stereocenters. The molecule has 4 rings (SSSR count). The zero-order valence-corrected chi connectivity index (χ0v) is 17.3. The van der Waals surface area contributed by atoms with Crippen molar-refractivity contribution in [1.29, 1.82) is 0 Å². The number of hydrogen-bond acceptors (Lipinski definition) is 6. The Labute approximate surface area is 168 Å². The average molecular weight is 442 g/mol. The minimum absolute atomic E-state index is 0.00606. The van der Waals surface area contributed by atoms with Crippen LogP contribution in [0.3, 0.4) is 0 Å². The molecule has 0 bridgehead atoms. The Morgan fingerprint density at radius 1 is 1.10 bits per heavy atom. The van der Waals surface area contributed by atoms with Gasteiger partial charge in [0.25, 0.3) is 0 Å². The summed E-state index contributed by atoms with van der Waals surface area (Å²) in [5.41, 5.74) is 0.351. The Kier molecular flexibility index (Phi) is 5.14. The number of rotatable bonds is 4. The largest absolute Gasteiger partial charge is 0.455 e. The predicted octanol–water partition coefficient (Wildman–Crippen LogP) is 2.78. The van der Waals surface area contributed by atoms with Crippen LogP contribution in [0.1, 0.15) is 18.4 Å². The van der Waals surface area contributed by atoms with Gasteiger partial charge in [0, 0.05) is 19.8 Å². The summed E-state index contributed by atoms with van der Waals surface area (Å²) in [5.74, 6) is -0.535. The number of nitrogens with one attached hydrogen (secondary N) is 1. The van der Waals surface area contributed by atoms with Crippen LogP contribution in [0.2, 0.25) is 0 Å². The van der Waals surface area contributed by atoms with Crippen LogP contribution in [0, 0.1) is 18.7 Å². The van der Waals surface area contributed by atoms with Crippen molar-refractivity contribution in [3.8, 4) is 11.5 Å². The van der Waals surface area contributed by atoms with Crippen LogP contribution in [0.15, 0.2) is 45.0 Å². The quantitative estimate of drug-likeness (QED) is 0.669. The molecule has 0 aliphatic carbocycles. The van der Waals surface area contributed by atoms with Gasteiger partial charge in [-0.1, -0.05) is 0 Å². The number of sulfonamides is 1. The third-order valence-electron chi connectivity index (χ3n) is 5.14. The van der Waals surface area contributed by atoms with Crippen LogP contribution in [0.5, 0.6) is 11.5 Å². The number of hydrogen-bond donors (Lipinski definition) is 1. The van der Waals surface area contributed by atoms with Gasteiger partial charge in [0.15, 0.2) is 0 Å². The van der Waals surface area contributed by atoms with E-state index in [2.05, 4.69) is 4.72 Å². The van der Waals surface area contributed by atoms with Crippen molar-refractivity contribution < 1.29 is 30.7 Å². The first kappa shape index (κ1) is 20.3. The van der Waals surface area contributed by atoms with Crippen LogP contribution in [-0.2, 0) is 24.6 Å². The lowest BCUT2D eigenvalue weighted by atomic mass is 10.0. The van der Waals surface area contributed by atoms with Gasteiger partial charge in [-0.2, -0.15) is 0 Å². The highest BCUT2D eigenvalue weighted by atomic mass is 32.2. The van der Waals surface area contributed by atoms with E-state index in [1.165, 1.54) is 12.1 Å². The lowest BCUT2D eigenvalue weighted by Crippen LogP contribution is -2.32. The molecule has 29 heavy (non-hydrogen) atoms. The van der Waals surface area contributed by atoms with Crippen LogP contribution in [-0.4, -0.2) is 36.6 Å². The summed E-state index contributed by atoms with van der Waals surface area (Å²) in [6, 6.07) is 5.67. The van der Waals surface area contributed by atoms with E-state index < -0.39 is 25.7 Å². The van der Waals surface area contributed by atoms with E-state index in [1.807, 2.05) is 0 Å². The highest BCUT2D eigenvalue weighted by Gasteiger charge is 2.34. The normalized spacial score (nSPS) is 18.6. The van der Waals surface area contributed by atoms with E-state index in [9.17, 15) is 21.2 Å². The van der Waals surface area contributed by atoms with E-state index in [0.717, 1.165) is 31.0 Å². The number of halogens is 1. The summed E-state index contributed by atoms with van der Waals surface area (Å²) in [4.78, 5) is -0.768. The Bertz CT molecular complexity index is 1170. The average Bonchev–Trinajstić information content (AvgIpc) is 2.67. The summed E-state index contributed by atoms with van der Waals surface area (Å²) in [6.07, 6.45) is 1.52. The second-order valence-corrected chi connectivity index (χ2v) is 10.8. The van der Waals surface area contributed by atoms with Gasteiger partial charge >= 0.3 is 0 Å². The Morgan fingerprint density at radius 2 is 1.79 bits per heavy atom. The second-order valence-electron chi connectivity index (χ2n) is 7.17. The van der Waals surface area contributed by atoms with E-state index >= 15 is 0 Å². The molecule has 2 aromatic carbocycles. The summed E-state index contributed by atoms with van der Waals surface area (Å²) in [6.45, 7) is 3.00. The molecule has 1 fully saturated rings. The number of benzene rings is 2. The van der Waals surface area contributed by atoms with Crippen LogP contribution < -0.4 is 9.46 Å².